The molecule has 0 aliphatic rings. The van der Waals surface area contributed by atoms with Crippen molar-refractivity contribution in [2.24, 2.45) is 0 Å². The summed E-state index contributed by atoms with van der Waals surface area (Å²) in [7, 11) is 0. The van der Waals surface area contributed by atoms with E-state index in [0.29, 0.717) is 5.00 Å². The molecule has 2 amide bonds. The van der Waals surface area contributed by atoms with Crippen LogP contribution in [0.3, 0.4) is 0 Å². The number of carbonyl (C=O) groups is 2. The van der Waals surface area contributed by atoms with E-state index in [0.717, 1.165) is 11.5 Å². The number of amides is 2. The maximum Gasteiger partial charge on any atom is 0.343 e. The van der Waals surface area contributed by atoms with Crippen LogP contribution in [-0.4, -0.2) is 33.3 Å². The zero-order chi connectivity index (χ0) is 10.4. The van der Waals surface area contributed by atoms with Crippen LogP contribution in [0, 0.1) is 0 Å². The second-order valence-electron chi connectivity index (χ2n) is 2.02. The van der Waals surface area contributed by atoms with E-state index >= 15 is 0 Å². The fraction of sp³-hybridized carbons (Fsp3) is 0.200. The number of hydrogen-bond acceptors (Lipinski definition) is 6. The Labute approximate surface area is 82.0 Å². The normalized spacial score (nSPS) is 9.43. The monoisotopic (exact) mass is 218 g/mol. The summed E-state index contributed by atoms with van der Waals surface area (Å²) in [5.41, 5.74) is 1.87. The number of aromatic nitrogens is 2. The quantitative estimate of drug-likeness (QED) is 0.596. The van der Waals surface area contributed by atoms with E-state index < -0.39 is 18.6 Å². The first-order valence-electron chi connectivity index (χ1n) is 3.36. The van der Waals surface area contributed by atoms with Crippen LogP contribution in [0.25, 0.3) is 0 Å². The molecule has 0 unspecified atom stereocenters. The standard InChI is InChI=1S/C5H6N4O4S/c10-4(11)2-13-8-5(12)7-3-1-6-9-14-3/h1H,2H2,(H,10,11)(H2,7,8,12). The average Bonchev–Trinajstić information content (AvgIpc) is 2.56. The van der Waals surface area contributed by atoms with Gasteiger partial charge < -0.3 is 5.11 Å². The number of carboxylic acid groups (broad SMARTS) is 1. The molecular weight excluding hydrogens is 212 g/mol. The molecule has 0 bridgehead atoms. The van der Waals surface area contributed by atoms with Crippen molar-refractivity contribution in [2.45, 2.75) is 0 Å². The maximum atomic E-state index is 10.9. The van der Waals surface area contributed by atoms with Gasteiger partial charge in [-0.25, -0.2) is 15.1 Å². The van der Waals surface area contributed by atoms with Crippen LogP contribution in [0.4, 0.5) is 9.80 Å². The lowest BCUT2D eigenvalue weighted by Crippen LogP contribution is -2.30. The third-order valence-corrected chi connectivity index (χ3v) is 1.54. The summed E-state index contributed by atoms with van der Waals surface area (Å²) in [6.07, 6.45) is 1.35. The van der Waals surface area contributed by atoms with Gasteiger partial charge in [0.05, 0.1) is 6.20 Å². The molecule has 0 saturated heterocycles. The van der Waals surface area contributed by atoms with Gasteiger partial charge in [0.25, 0.3) is 0 Å². The SMILES string of the molecule is O=C(O)CONC(=O)Nc1cnns1. The number of nitrogens with one attached hydrogen (secondary N) is 2. The van der Waals surface area contributed by atoms with E-state index in [4.69, 9.17) is 5.11 Å². The largest absolute Gasteiger partial charge is 0.479 e. The molecule has 0 radical (unpaired) electrons. The Morgan fingerprint density at radius 1 is 1.64 bits per heavy atom. The Morgan fingerprint density at radius 2 is 2.43 bits per heavy atom. The second kappa shape index (κ2) is 5.09. The number of anilines is 1. The fourth-order valence-corrected chi connectivity index (χ4v) is 0.938. The predicted octanol–water partition coefficient (Wildman–Crippen LogP) is -0.324. The predicted molar refractivity (Wildman–Crippen MR) is 45.7 cm³/mol. The number of rotatable bonds is 4. The Kier molecular flexibility index (Phi) is 3.76. The third kappa shape index (κ3) is 3.78. The van der Waals surface area contributed by atoms with Gasteiger partial charge in [0, 0.05) is 11.5 Å². The molecule has 0 atom stereocenters. The van der Waals surface area contributed by atoms with Gasteiger partial charge in [0.2, 0.25) is 0 Å². The highest BCUT2D eigenvalue weighted by Gasteiger charge is 2.04. The molecule has 9 heteroatoms. The van der Waals surface area contributed by atoms with Crippen LogP contribution in [0.5, 0.6) is 0 Å². The minimum atomic E-state index is -1.18. The Balaban J connectivity index is 2.20. The van der Waals surface area contributed by atoms with Gasteiger partial charge in [-0.2, -0.15) is 0 Å². The summed E-state index contributed by atoms with van der Waals surface area (Å²) in [5, 5.41) is 14.4. The van der Waals surface area contributed by atoms with Crippen molar-refractivity contribution in [3.05, 3.63) is 6.20 Å². The van der Waals surface area contributed by atoms with Crippen molar-refractivity contribution in [1.82, 2.24) is 15.1 Å². The van der Waals surface area contributed by atoms with Gasteiger partial charge in [-0.15, -0.1) is 5.10 Å². The van der Waals surface area contributed by atoms with E-state index in [-0.39, 0.29) is 0 Å². The fourth-order valence-electron chi connectivity index (χ4n) is 0.523. The highest BCUT2D eigenvalue weighted by atomic mass is 32.1. The summed E-state index contributed by atoms with van der Waals surface area (Å²) >= 11 is 0.986. The molecule has 1 heterocycles. The highest BCUT2D eigenvalue weighted by molar-refractivity contribution is 7.10. The van der Waals surface area contributed by atoms with Crippen LogP contribution >= 0.6 is 11.5 Å². The molecule has 0 aliphatic heterocycles. The molecule has 1 aromatic heterocycles. The molecule has 0 aromatic carbocycles. The van der Waals surface area contributed by atoms with Gasteiger partial charge in [-0.3, -0.25) is 10.2 Å². The van der Waals surface area contributed by atoms with Crippen molar-refractivity contribution in [3.63, 3.8) is 0 Å². The van der Waals surface area contributed by atoms with Crippen molar-refractivity contribution in [2.75, 3.05) is 11.9 Å². The number of nitrogens with zero attached hydrogens (tertiary/aromatic N) is 2. The minimum absolute atomic E-state index is 0.432. The van der Waals surface area contributed by atoms with E-state index in [2.05, 4.69) is 19.7 Å². The van der Waals surface area contributed by atoms with Crippen LogP contribution < -0.4 is 10.8 Å². The van der Waals surface area contributed by atoms with Crippen LogP contribution in [0.15, 0.2) is 6.20 Å². The van der Waals surface area contributed by atoms with E-state index in [1.54, 1.807) is 0 Å². The molecule has 14 heavy (non-hydrogen) atoms. The van der Waals surface area contributed by atoms with E-state index in [9.17, 15) is 9.59 Å². The lowest BCUT2D eigenvalue weighted by molar-refractivity contribution is -0.143. The molecule has 0 saturated carbocycles. The molecule has 1 aromatic rings. The van der Waals surface area contributed by atoms with Gasteiger partial charge >= 0.3 is 12.0 Å². The molecule has 8 nitrogen and oxygen atoms in total. The Morgan fingerprint density at radius 3 is 3.00 bits per heavy atom. The number of hydroxylamine groups is 1. The van der Waals surface area contributed by atoms with Gasteiger partial charge in [0.15, 0.2) is 6.61 Å². The lowest BCUT2D eigenvalue weighted by atomic mass is 10.8. The first-order valence-corrected chi connectivity index (χ1v) is 4.14. The van der Waals surface area contributed by atoms with Crippen LogP contribution in [0.1, 0.15) is 0 Å². The number of urea groups is 1. The number of carbonyl (C=O) groups excluding carboxylic acids is 1. The summed E-state index contributed by atoms with van der Waals surface area (Å²) in [6.45, 7) is -0.603. The van der Waals surface area contributed by atoms with Gasteiger partial charge in [0.1, 0.15) is 5.00 Å². The molecular formula is C5H6N4O4S. The van der Waals surface area contributed by atoms with Gasteiger partial charge in [-0.05, 0) is 0 Å². The minimum Gasteiger partial charge on any atom is -0.479 e. The first kappa shape index (κ1) is 10.3. The highest BCUT2D eigenvalue weighted by Crippen LogP contribution is 2.07. The molecule has 76 valence electrons. The summed E-state index contributed by atoms with van der Waals surface area (Å²) in [5.74, 6) is -1.18. The molecule has 1 rings (SSSR count). The van der Waals surface area contributed by atoms with Crippen LogP contribution in [-0.2, 0) is 9.63 Å². The number of aliphatic carboxylic acids is 1. The first-order chi connectivity index (χ1) is 6.68. The molecule has 0 aliphatic carbocycles. The van der Waals surface area contributed by atoms with Crippen molar-refractivity contribution >= 4 is 28.5 Å². The Bertz CT molecular complexity index is 314. The van der Waals surface area contributed by atoms with Crippen molar-refractivity contribution in [3.8, 4) is 0 Å². The molecule has 3 N–H and O–H groups in total. The average molecular weight is 218 g/mol. The Hall–Kier alpha value is -1.74. The smallest absolute Gasteiger partial charge is 0.343 e. The van der Waals surface area contributed by atoms with Crippen molar-refractivity contribution in [1.29, 1.82) is 0 Å². The molecule has 0 fully saturated rings. The third-order valence-electron chi connectivity index (χ3n) is 0.959. The molecule has 0 spiro atoms. The lowest BCUT2D eigenvalue weighted by Gasteiger charge is -2.02. The van der Waals surface area contributed by atoms with E-state index in [1.165, 1.54) is 6.20 Å². The number of hydrogen-bond donors (Lipinski definition) is 3. The summed E-state index contributed by atoms with van der Waals surface area (Å²) in [6, 6.07) is -0.683. The number of carboxylic acids is 1. The topological polar surface area (TPSA) is 113 Å². The second-order valence-corrected chi connectivity index (χ2v) is 2.81. The zero-order valence-corrected chi connectivity index (χ0v) is 7.58. The van der Waals surface area contributed by atoms with E-state index in [1.807, 2.05) is 5.48 Å². The summed E-state index contributed by atoms with van der Waals surface area (Å²) in [4.78, 5) is 25.2. The van der Waals surface area contributed by atoms with Gasteiger partial charge in [-0.1, -0.05) is 4.49 Å². The van der Waals surface area contributed by atoms with Crippen LogP contribution in [0.2, 0.25) is 0 Å². The van der Waals surface area contributed by atoms with Crippen molar-refractivity contribution < 1.29 is 19.5 Å². The maximum absolute atomic E-state index is 10.9. The zero-order valence-electron chi connectivity index (χ0n) is 6.76. The summed E-state index contributed by atoms with van der Waals surface area (Å²) < 4.78 is 3.50.